The minimum atomic E-state index is -0.122. The molecule has 0 N–H and O–H groups in total. The van der Waals surface area contributed by atoms with Crippen molar-refractivity contribution >= 4 is 29.2 Å². The number of fused-ring (bicyclic) bond motifs is 1. The molecule has 0 aliphatic carbocycles. The van der Waals surface area contributed by atoms with Crippen LogP contribution in [0, 0.1) is 13.8 Å². The average Bonchev–Trinajstić information content (AvgIpc) is 3.22. The lowest BCUT2D eigenvalue weighted by atomic mass is 10.2. The molecule has 0 fully saturated rings. The molecule has 4 rings (SSSR count). The smallest absolute Gasteiger partial charge is 0.246 e. The van der Waals surface area contributed by atoms with Gasteiger partial charge in [-0.25, -0.2) is 9.67 Å². The van der Waals surface area contributed by atoms with Crippen LogP contribution in [-0.2, 0) is 11.3 Å². The van der Waals surface area contributed by atoms with E-state index in [0.717, 1.165) is 28.3 Å². The number of hydrogen-bond acceptors (Lipinski definition) is 3. The van der Waals surface area contributed by atoms with Crippen LogP contribution < -0.4 is 0 Å². The fourth-order valence-corrected chi connectivity index (χ4v) is 3.69. The van der Waals surface area contributed by atoms with Gasteiger partial charge in [-0.3, -0.25) is 9.20 Å². The number of carbonyl (C=O) groups excluding carboxylic acids is 1. The number of carbonyl (C=O) groups is 1. The predicted octanol–water partition coefficient (Wildman–Crippen LogP) is 4.46. The van der Waals surface area contributed by atoms with Crippen molar-refractivity contribution in [1.29, 1.82) is 0 Å². The zero-order valence-corrected chi connectivity index (χ0v) is 17.8. The van der Waals surface area contributed by atoms with E-state index in [-0.39, 0.29) is 5.91 Å². The molecule has 0 bridgehead atoms. The van der Waals surface area contributed by atoms with Gasteiger partial charge in [0.2, 0.25) is 5.91 Å². The van der Waals surface area contributed by atoms with E-state index in [1.54, 1.807) is 18.0 Å². The third kappa shape index (κ3) is 3.74. The van der Waals surface area contributed by atoms with Crippen molar-refractivity contribution in [2.24, 2.45) is 0 Å². The summed E-state index contributed by atoms with van der Waals surface area (Å²) in [6.45, 7) is 4.46. The molecule has 6 nitrogen and oxygen atoms in total. The van der Waals surface area contributed by atoms with Gasteiger partial charge in [-0.2, -0.15) is 5.10 Å². The minimum absolute atomic E-state index is 0.122. The number of halogens is 1. The molecule has 0 spiro atoms. The van der Waals surface area contributed by atoms with Crippen LogP contribution in [-0.4, -0.2) is 37.0 Å². The summed E-state index contributed by atoms with van der Waals surface area (Å²) in [7, 11) is 1.78. The fraction of sp³-hybridized carbons (Fsp3) is 0.174. The summed E-state index contributed by atoms with van der Waals surface area (Å²) in [5.74, 6) is -0.122. The van der Waals surface area contributed by atoms with Gasteiger partial charge in [-0.15, -0.1) is 0 Å². The number of aromatic nitrogens is 4. The first kappa shape index (κ1) is 19.9. The molecule has 0 saturated heterocycles. The zero-order valence-electron chi connectivity index (χ0n) is 17.1. The second-order valence-corrected chi connectivity index (χ2v) is 7.50. The number of benzene rings is 1. The predicted molar refractivity (Wildman–Crippen MR) is 119 cm³/mol. The van der Waals surface area contributed by atoms with E-state index in [1.165, 1.54) is 6.08 Å². The van der Waals surface area contributed by atoms with E-state index in [4.69, 9.17) is 11.6 Å². The van der Waals surface area contributed by atoms with Crippen LogP contribution in [0.4, 0.5) is 0 Å². The van der Waals surface area contributed by atoms with E-state index < -0.39 is 0 Å². The van der Waals surface area contributed by atoms with Crippen molar-refractivity contribution in [3.63, 3.8) is 0 Å². The largest absolute Gasteiger partial charge is 0.338 e. The Kier molecular flexibility index (Phi) is 5.42. The SMILES string of the molecule is Cc1nn(-c2ccccc2)c(C)c1CN(C)C(=O)C=Cc1c(Cl)nc2ccccn12. The molecule has 152 valence electrons. The van der Waals surface area contributed by atoms with Gasteiger partial charge in [0.05, 0.1) is 17.1 Å². The van der Waals surface area contributed by atoms with Crippen LogP contribution in [0.25, 0.3) is 17.4 Å². The van der Waals surface area contributed by atoms with Gasteiger partial charge in [0.25, 0.3) is 0 Å². The molecule has 30 heavy (non-hydrogen) atoms. The quantitative estimate of drug-likeness (QED) is 0.449. The van der Waals surface area contributed by atoms with Crippen LogP contribution >= 0.6 is 11.6 Å². The van der Waals surface area contributed by atoms with Gasteiger partial charge in [0.1, 0.15) is 5.65 Å². The Hall–Kier alpha value is -3.38. The van der Waals surface area contributed by atoms with Crippen LogP contribution in [0.3, 0.4) is 0 Å². The summed E-state index contributed by atoms with van der Waals surface area (Å²) >= 11 is 6.24. The van der Waals surface area contributed by atoms with E-state index in [9.17, 15) is 4.79 Å². The van der Waals surface area contributed by atoms with Gasteiger partial charge in [-0.05, 0) is 44.2 Å². The summed E-state index contributed by atoms with van der Waals surface area (Å²) in [4.78, 5) is 18.7. The third-order valence-electron chi connectivity index (χ3n) is 5.12. The Balaban J connectivity index is 1.54. The highest BCUT2D eigenvalue weighted by Crippen LogP contribution is 2.21. The lowest BCUT2D eigenvalue weighted by Gasteiger charge is -2.15. The van der Waals surface area contributed by atoms with Crippen molar-refractivity contribution in [3.8, 4) is 5.69 Å². The van der Waals surface area contributed by atoms with E-state index in [0.29, 0.717) is 17.4 Å². The van der Waals surface area contributed by atoms with E-state index >= 15 is 0 Å². The molecule has 1 amide bonds. The van der Waals surface area contributed by atoms with Gasteiger partial charge < -0.3 is 4.90 Å². The molecule has 0 aliphatic rings. The molecule has 4 aromatic rings. The van der Waals surface area contributed by atoms with Crippen LogP contribution in [0.5, 0.6) is 0 Å². The average molecular weight is 420 g/mol. The van der Waals surface area contributed by atoms with Crippen molar-refractivity contribution in [2.45, 2.75) is 20.4 Å². The normalized spacial score (nSPS) is 11.5. The summed E-state index contributed by atoms with van der Waals surface area (Å²) in [5, 5.41) is 5.02. The number of hydrogen-bond donors (Lipinski definition) is 0. The van der Waals surface area contributed by atoms with E-state index in [1.807, 2.05) is 77.7 Å². The second kappa shape index (κ2) is 8.16. The number of para-hydroxylation sites is 1. The zero-order chi connectivity index (χ0) is 21.3. The Labute approximate surface area is 180 Å². The van der Waals surface area contributed by atoms with Crippen LogP contribution in [0.1, 0.15) is 22.6 Å². The molecule has 1 aromatic carbocycles. The molecule has 3 aromatic heterocycles. The van der Waals surface area contributed by atoms with E-state index in [2.05, 4.69) is 10.1 Å². The maximum Gasteiger partial charge on any atom is 0.246 e. The summed E-state index contributed by atoms with van der Waals surface area (Å²) in [6, 6.07) is 15.6. The number of aryl methyl sites for hydroxylation is 1. The molecule has 0 atom stereocenters. The first-order valence-corrected chi connectivity index (χ1v) is 10.00. The number of amides is 1. The maximum atomic E-state index is 12.7. The molecule has 0 saturated carbocycles. The minimum Gasteiger partial charge on any atom is -0.338 e. The number of nitrogens with zero attached hydrogens (tertiary/aromatic N) is 5. The number of likely N-dealkylation sites (N-methyl/N-ethyl adjacent to an activating group) is 1. The van der Waals surface area contributed by atoms with Crippen molar-refractivity contribution in [3.05, 3.63) is 88.6 Å². The van der Waals surface area contributed by atoms with Crippen molar-refractivity contribution < 1.29 is 4.79 Å². The van der Waals surface area contributed by atoms with Crippen LogP contribution in [0.2, 0.25) is 5.15 Å². The highest BCUT2D eigenvalue weighted by atomic mass is 35.5. The lowest BCUT2D eigenvalue weighted by molar-refractivity contribution is -0.125. The van der Waals surface area contributed by atoms with Gasteiger partial charge in [0, 0.05) is 37.1 Å². The molecular weight excluding hydrogens is 398 g/mol. The van der Waals surface area contributed by atoms with Gasteiger partial charge in [-0.1, -0.05) is 35.9 Å². The van der Waals surface area contributed by atoms with Crippen molar-refractivity contribution in [1.82, 2.24) is 24.1 Å². The number of imidazole rings is 1. The Bertz CT molecular complexity index is 1240. The molecule has 0 aliphatic heterocycles. The number of rotatable bonds is 5. The summed E-state index contributed by atoms with van der Waals surface area (Å²) in [6.07, 6.45) is 5.09. The summed E-state index contributed by atoms with van der Waals surface area (Å²) in [5.41, 5.74) is 5.38. The van der Waals surface area contributed by atoms with Crippen molar-refractivity contribution in [2.75, 3.05) is 7.05 Å². The Morgan fingerprint density at radius 1 is 1.13 bits per heavy atom. The maximum absolute atomic E-state index is 12.7. The monoisotopic (exact) mass is 419 g/mol. The van der Waals surface area contributed by atoms with Gasteiger partial charge in [0.15, 0.2) is 5.15 Å². The fourth-order valence-electron chi connectivity index (χ4n) is 3.45. The van der Waals surface area contributed by atoms with Gasteiger partial charge >= 0.3 is 0 Å². The third-order valence-corrected chi connectivity index (χ3v) is 5.40. The summed E-state index contributed by atoms with van der Waals surface area (Å²) < 4.78 is 3.77. The topological polar surface area (TPSA) is 55.4 Å². The molecular formula is C23H22ClN5O. The second-order valence-electron chi connectivity index (χ2n) is 7.14. The first-order chi connectivity index (χ1) is 14.5. The lowest BCUT2D eigenvalue weighted by Crippen LogP contribution is -2.24. The first-order valence-electron chi connectivity index (χ1n) is 9.62. The molecule has 0 unspecified atom stereocenters. The molecule has 0 radical (unpaired) electrons. The molecule has 3 heterocycles. The molecule has 7 heteroatoms. The number of pyridine rings is 1. The highest BCUT2D eigenvalue weighted by Gasteiger charge is 2.16. The Morgan fingerprint density at radius 3 is 2.63 bits per heavy atom. The highest BCUT2D eigenvalue weighted by molar-refractivity contribution is 6.31. The standard InChI is InChI=1S/C23H22ClN5O/c1-16-19(17(2)29(26-16)18-9-5-4-6-10-18)15-27(3)22(30)13-12-20-23(24)25-21-11-7-8-14-28(20)21/h4-14H,15H2,1-3H3. The Morgan fingerprint density at radius 2 is 1.87 bits per heavy atom. The van der Waals surface area contributed by atoms with Crippen LogP contribution in [0.15, 0.2) is 60.8 Å².